The number of carbonyl (C=O) groups excluding carboxylic acids is 2. The van der Waals surface area contributed by atoms with E-state index >= 15 is 0 Å². The molecule has 0 aliphatic carbocycles. The van der Waals surface area contributed by atoms with Gasteiger partial charge in [-0.1, -0.05) is 52.8 Å². The summed E-state index contributed by atoms with van der Waals surface area (Å²) in [5.74, 6) is -0.355. The number of aromatic nitrogens is 2. The summed E-state index contributed by atoms with van der Waals surface area (Å²) in [7, 11) is 0. The maximum absolute atomic E-state index is 13.3. The van der Waals surface area contributed by atoms with Gasteiger partial charge in [0.2, 0.25) is 5.91 Å². The number of para-hydroxylation sites is 1. The van der Waals surface area contributed by atoms with E-state index in [-0.39, 0.29) is 29.7 Å². The molecule has 0 aliphatic heterocycles. The lowest BCUT2D eigenvalue weighted by molar-refractivity contribution is -0.117. The number of aryl methyl sites for hydroxylation is 1. The molecule has 2 amide bonds. The molecule has 1 heterocycles. The Labute approximate surface area is 200 Å². The zero-order valence-corrected chi connectivity index (χ0v) is 20.7. The first-order chi connectivity index (χ1) is 16.0. The van der Waals surface area contributed by atoms with Crippen molar-refractivity contribution in [3.8, 4) is 5.69 Å². The van der Waals surface area contributed by atoms with Gasteiger partial charge in [0.25, 0.3) is 5.91 Å². The van der Waals surface area contributed by atoms with E-state index in [2.05, 4.69) is 26.1 Å². The van der Waals surface area contributed by atoms with Crippen LogP contribution in [0.3, 0.4) is 0 Å². The second kappa shape index (κ2) is 10.2. The molecule has 0 atom stereocenters. The number of rotatable bonds is 7. The zero-order valence-electron chi connectivity index (χ0n) is 20.7. The summed E-state index contributed by atoms with van der Waals surface area (Å²) in [5.41, 5.74) is 2.86. The quantitative estimate of drug-likeness (QED) is 0.512. The first kappa shape index (κ1) is 25.1. The number of amides is 2. The lowest BCUT2D eigenvalue weighted by Crippen LogP contribution is -2.40. The fourth-order valence-corrected chi connectivity index (χ4v) is 3.61. The van der Waals surface area contributed by atoms with Crippen LogP contribution in [0.5, 0.6) is 0 Å². The third-order valence-electron chi connectivity index (χ3n) is 5.39. The Morgan fingerprint density at radius 2 is 1.74 bits per heavy atom. The van der Waals surface area contributed by atoms with Crippen LogP contribution in [0.25, 0.3) is 5.69 Å². The van der Waals surface area contributed by atoms with Gasteiger partial charge in [0, 0.05) is 23.6 Å². The van der Waals surface area contributed by atoms with Crippen molar-refractivity contribution in [1.82, 2.24) is 14.7 Å². The smallest absolute Gasteiger partial charge is 0.254 e. The molecule has 3 rings (SSSR count). The number of hydrogen-bond acceptors (Lipinski definition) is 3. The van der Waals surface area contributed by atoms with Crippen LogP contribution >= 0.6 is 0 Å². The molecule has 0 saturated carbocycles. The van der Waals surface area contributed by atoms with Gasteiger partial charge >= 0.3 is 0 Å². The van der Waals surface area contributed by atoms with E-state index in [0.29, 0.717) is 17.9 Å². The monoisotopic (exact) mass is 464 g/mol. The first-order valence-corrected chi connectivity index (χ1v) is 11.5. The summed E-state index contributed by atoms with van der Waals surface area (Å²) < 4.78 is 15.0. The number of nitrogens with one attached hydrogen (secondary N) is 1. The van der Waals surface area contributed by atoms with Crippen LogP contribution in [0, 0.1) is 18.7 Å². The zero-order chi connectivity index (χ0) is 25.0. The Balaban J connectivity index is 1.88. The minimum Gasteiger partial charge on any atom is -0.329 e. The van der Waals surface area contributed by atoms with Gasteiger partial charge in [-0.05, 0) is 48.7 Å². The highest BCUT2D eigenvalue weighted by atomic mass is 19.1. The minimum absolute atomic E-state index is 0.127. The van der Waals surface area contributed by atoms with Crippen molar-refractivity contribution in [3.05, 3.63) is 77.2 Å². The van der Waals surface area contributed by atoms with Gasteiger partial charge in [0.15, 0.2) is 0 Å². The summed E-state index contributed by atoms with van der Waals surface area (Å²) in [4.78, 5) is 27.7. The second-order valence-corrected chi connectivity index (χ2v) is 10.00. The van der Waals surface area contributed by atoms with Crippen molar-refractivity contribution in [2.45, 2.75) is 47.0 Å². The fraction of sp³-hybridized carbons (Fsp3) is 0.370. The van der Waals surface area contributed by atoms with Crippen LogP contribution in [-0.2, 0) is 10.2 Å². The molecule has 0 radical (unpaired) electrons. The highest BCUT2D eigenvalue weighted by Crippen LogP contribution is 2.27. The Bertz CT molecular complexity index is 1160. The Morgan fingerprint density at radius 3 is 2.32 bits per heavy atom. The number of nitrogens with zero attached hydrogens (tertiary/aromatic N) is 3. The maximum Gasteiger partial charge on any atom is 0.254 e. The van der Waals surface area contributed by atoms with E-state index in [1.165, 1.54) is 29.2 Å². The average Bonchev–Trinajstić information content (AvgIpc) is 3.17. The number of carbonyl (C=O) groups is 2. The minimum atomic E-state index is -0.413. The number of benzene rings is 2. The Hall–Kier alpha value is -3.48. The van der Waals surface area contributed by atoms with E-state index in [0.717, 1.165) is 16.9 Å². The SMILES string of the molecule is Cc1ccccc1-n1nc(C(C)(C)C)cc1NC(=O)CN(CC(C)C)C(=O)c1ccc(F)cc1. The highest BCUT2D eigenvalue weighted by molar-refractivity contribution is 5.99. The molecule has 0 aliphatic rings. The molecule has 3 aromatic rings. The summed E-state index contributed by atoms with van der Waals surface area (Å²) in [6.07, 6.45) is 0. The van der Waals surface area contributed by atoms with Gasteiger partial charge in [-0.3, -0.25) is 9.59 Å². The van der Waals surface area contributed by atoms with Crippen molar-refractivity contribution in [3.63, 3.8) is 0 Å². The lowest BCUT2D eigenvalue weighted by Gasteiger charge is -2.24. The van der Waals surface area contributed by atoms with Gasteiger partial charge in [0.1, 0.15) is 18.2 Å². The molecule has 0 fully saturated rings. The van der Waals surface area contributed by atoms with Crippen molar-refractivity contribution in [2.24, 2.45) is 5.92 Å². The predicted molar refractivity (Wildman–Crippen MR) is 133 cm³/mol. The molecule has 34 heavy (non-hydrogen) atoms. The molecular formula is C27H33FN4O2. The molecule has 180 valence electrons. The highest BCUT2D eigenvalue weighted by Gasteiger charge is 2.24. The molecule has 7 heteroatoms. The third kappa shape index (κ3) is 6.10. The second-order valence-electron chi connectivity index (χ2n) is 10.00. The predicted octanol–water partition coefficient (Wildman–Crippen LogP) is 5.35. The summed E-state index contributed by atoms with van der Waals surface area (Å²) in [6, 6.07) is 15.1. The Morgan fingerprint density at radius 1 is 1.09 bits per heavy atom. The largest absolute Gasteiger partial charge is 0.329 e. The Kier molecular flexibility index (Phi) is 7.54. The van der Waals surface area contributed by atoms with Crippen molar-refractivity contribution < 1.29 is 14.0 Å². The van der Waals surface area contributed by atoms with Crippen LogP contribution in [0.4, 0.5) is 10.2 Å². The normalized spacial score (nSPS) is 11.5. The van der Waals surface area contributed by atoms with Gasteiger partial charge in [0.05, 0.1) is 11.4 Å². The van der Waals surface area contributed by atoms with Crippen LogP contribution in [0.1, 0.15) is 56.2 Å². The molecule has 2 aromatic carbocycles. The molecule has 0 unspecified atom stereocenters. The average molecular weight is 465 g/mol. The standard InChI is InChI=1S/C27H33FN4O2/c1-18(2)16-31(26(34)20-11-13-21(28)14-12-20)17-25(33)29-24-15-23(27(4,5)6)30-32(24)22-10-8-7-9-19(22)3/h7-15,18H,16-17H2,1-6H3,(H,29,33). The van der Waals surface area contributed by atoms with Crippen LogP contribution in [0.2, 0.25) is 0 Å². The molecule has 0 saturated heterocycles. The molecule has 0 bridgehead atoms. The molecular weight excluding hydrogens is 431 g/mol. The number of hydrogen-bond donors (Lipinski definition) is 1. The third-order valence-corrected chi connectivity index (χ3v) is 5.39. The van der Waals surface area contributed by atoms with E-state index in [9.17, 15) is 14.0 Å². The number of anilines is 1. The van der Waals surface area contributed by atoms with Gasteiger partial charge in [-0.25, -0.2) is 9.07 Å². The van der Waals surface area contributed by atoms with E-state index < -0.39 is 5.82 Å². The molecule has 0 spiro atoms. The topological polar surface area (TPSA) is 67.2 Å². The number of halogens is 1. The fourth-order valence-electron chi connectivity index (χ4n) is 3.61. The van der Waals surface area contributed by atoms with E-state index in [1.807, 2.05) is 51.1 Å². The van der Waals surface area contributed by atoms with Crippen molar-refractivity contribution >= 4 is 17.6 Å². The summed E-state index contributed by atoms with van der Waals surface area (Å²) >= 11 is 0. The van der Waals surface area contributed by atoms with E-state index in [4.69, 9.17) is 5.10 Å². The lowest BCUT2D eigenvalue weighted by atomic mass is 9.92. The van der Waals surface area contributed by atoms with Crippen LogP contribution in [-0.4, -0.2) is 39.6 Å². The summed E-state index contributed by atoms with van der Waals surface area (Å²) in [5, 5.41) is 7.73. The first-order valence-electron chi connectivity index (χ1n) is 11.5. The van der Waals surface area contributed by atoms with E-state index in [1.54, 1.807) is 4.68 Å². The molecule has 1 N–H and O–H groups in total. The van der Waals surface area contributed by atoms with Gasteiger partial charge in [-0.2, -0.15) is 5.10 Å². The van der Waals surface area contributed by atoms with Gasteiger partial charge < -0.3 is 10.2 Å². The molecule has 1 aromatic heterocycles. The van der Waals surface area contributed by atoms with Crippen LogP contribution in [0.15, 0.2) is 54.6 Å². The van der Waals surface area contributed by atoms with Gasteiger partial charge in [-0.15, -0.1) is 0 Å². The molecule has 6 nitrogen and oxygen atoms in total. The maximum atomic E-state index is 13.3. The summed E-state index contributed by atoms with van der Waals surface area (Å²) in [6.45, 7) is 12.4. The van der Waals surface area contributed by atoms with Crippen molar-refractivity contribution in [1.29, 1.82) is 0 Å². The van der Waals surface area contributed by atoms with Crippen molar-refractivity contribution in [2.75, 3.05) is 18.4 Å². The van der Waals surface area contributed by atoms with Crippen LogP contribution < -0.4 is 5.32 Å².